The first-order valence-corrected chi connectivity index (χ1v) is 4.95. The van der Waals surface area contributed by atoms with Gasteiger partial charge in [0.05, 0.1) is 28.8 Å². The Morgan fingerprint density at radius 3 is 2.88 bits per heavy atom. The standard InChI is InChI=1S/C11H12N4O2/c1-15-6-8(5-13-15)14-10-4-7(11(16)17)2-3-9(10)12/h2-6,14H,12H2,1H3,(H,16,17). The number of carbonyl (C=O) groups is 1. The predicted molar refractivity (Wildman–Crippen MR) is 64.3 cm³/mol. The number of aromatic carboxylic acids is 1. The average Bonchev–Trinajstić information content (AvgIpc) is 2.67. The zero-order valence-electron chi connectivity index (χ0n) is 9.21. The van der Waals surface area contributed by atoms with E-state index in [1.54, 1.807) is 30.2 Å². The third-order valence-corrected chi connectivity index (χ3v) is 2.28. The van der Waals surface area contributed by atoms with E-state index in [4.69, 9.17) is 10.8 Å². The van der Waals surface area contributed by atoms with Gasteiger partial charge in [0.1, 0.15) is 0 Å². The number of nitrogen functional groups attached to an aromatic ring is 1. The van der Waals surface area contributed by atoms with Gasteiger partial charge in [0, 0.05) is 13.2 Å². The van der Waals surface area contributed by atoms with Gasteiger partial charge in [-0.25, -0.2) is 4.79 Å². The SMILES string of the molecule is Cn1cc(Nc2cc(C(=O)O)ccc2N)cn1. The van der Waals surface area contributed by atoms with Crippen LogP contribution < -0.4 is 11.1 Å². The van der Waals surface area contributed by atoms with E-state index in [0.717, 1.165) is 5.69 Å². The van der Waals surface area contributed by atoms with Gasteiger partial charge in [-0.15, -0.1) is 0 Å². The molecule has 1 heterocycles. The number of aryl methyl sites for hydroxylation is 1. The molecule has 0 unspecified atom stereocenters. The Morgan fingerprint density at radius 1 is 1.53 bits per heavy atom. The molecule has 0 bridgehead atoms. The maximum absolute atomic E-state index is 10.8. The average molecular weight is 232 g/mol. The molecular formula is C11H12N4O2. The number of nitrogens with one attached hydrogen (secondary N) is 1. The number of anilines is 3. The van der Waals surface area contributed by atoms with Gasteiger partial charge in [-0.2, -0.15) is 5.10 Å². The molecule has 0 atom stereocenters. The lowest BCUT2D eigenvalue weighted by atomic mass is 10.1. The summed E-state index contributed by atoms with van der Waals surface area (Å²) < 4.78 is 1.64. The molecule has 2 rings (SSSR count). The van der Waals surface area contributed by atoms with Crippen molar-refractivity contribution in [1.82, 2.24) is 9.78 Å². The molecule has 88 valence electrons. The molecule has 0 aliphatic carbocycles. The maximum Gasteiger partial charge on any atom is 0.335 e. The smallest absolute Gasteiger partial charge is 0.335 e. The van der Waals surface area contributed by atoms with Crippen LogP contribution in [0.1, 0.15) is 10.4 Å². The Kier molecular flexibility index (Phi) is 2.70. The van der Waals surface area contributed by atoms with Crippen molar-refractivity contribution in [2.24, 2.45) is 7.05 Å². The molecule has 4 N–H and O–H groups in total. The lowest BCUT2D eigenvalue weighted by molar-refractivity contribution is 0.0697. The van der Waals surface area contributed by atoms with E-state index >= 15 is 0 Å². The fourth-order valence-corrected chi connectivity index (χ4v) is 1.44. The van der Waals surface area contributed by atoms with Crippen molar-refractivity contribution < 1.29 is 9.90 Å². The van der Waals surface area contributed by atoms with Crippen LogP contribution in [-0.4, -0.2) is 20.9 Å². The summed E-state index contributed by atoms with van der Waals surface area (Å²) in [6.45, 7) is 0. The summed E-state index contributed by atoms with van der Waals surface area (Å²) >= 11 is 0. The first-order chi connectivity index (χ1) is 8.06. The zero-order chi connectivity index (χ0) is 12.4. The van der Waals surface area contributed by atoms with Gasteiger partial charge in [-0.1, -0.05) is 0 Å². The molecule has 0 radical (unpaired) electrons. The first kappa shape index (κ1) is 11.0. The first-order valence-electron chi connectivity index (χ1n) is 4.95. The van der Waals surface area contributed by atoms with Crippen molar-refractivity contribution in [3.05, 3.63) is 36.2 Å². The van der Waals surface area contributed by atoms with Gasteiger partial charge in [0.25, 0.3) is 0 Å². The topological polar surface area (TPSA) is 93.2 Å². The summed E-state index contributed by atoms with van der Waals surface area (Å²) in [6.07, 6.45) is 3.40. The van der Waals surface area contributed by atoms with Crippen molar-refractivity contribution in [3.8, 4) is 0 Å². The Labute approximate surface area is 97.7 Å². The third-order valence-electron chi connectivity index (χ3n) is 2.28. The van der Waals surface area contributed by atoms with Crippen molar-refractivity contribution in [3.63, 3.8) is 0 Å². The Hall–Kier alpha value is -2.50. The molecule has 0 saturated carbocycles. The largest absolute Gasteiger partial charge is 0.478 e. The van der Waals surface area contributed by atoms with E-state index in [-0.39, 0.29) is 5.56 Å². The molecular weight excluding hydrogens is 220 g/mol. The van der Waals surface area contributed by atoms with Crippen LogP contribution in [0.15, 0.2) is 30.6 Å². The highest BCUT2D eigenvalue weighted by molar-refractivity contribution is 5.91. The van der Waals surface area contributed by atoms with Crippen molar-refractivity contribution >= 4 is 23.0 Å². The van der Waals surface area contributed by atoms with Gasteiger partial charge in [-0.3, -0.25) is 4.68 Å². The number of hydrogen-bond donors (Lipinski definition) is 3. The number of carboxylic acids is 1. The lowest BCUT2D eigenvalue weighted by Gasteiger charge is -2.07. The Bertz CT molecular complexity index is 562. The van der Waals surface area contributed by atoms with Crippen LogP contribution in [0.2, 0.25) is 0 Å². The predicted octanol–water partition coefficient (Wildman–Crippen LogP) is 1.44. The maximum atomic E-state index is 10.8. The van der Waals surface area contributed by atoms with Gasteiger partial charge in [0.15, 0.2) is 0 Å². The quantitative estimate of drug-likeness (QED) is 0.696. The number of nitrogens with zero attached hydrogens (tertiary/aromatic N) is 2. The number of aromatic nitrogens is 2. The highest BCUT2D eigenvalue weighted by Crippen LogP contribution is 2.24. The van der Waals surface area contributed by atoms with Gasteiger partial charge >= 0.3 is 5.97 Å². The van der Waals surface area contributed by atoms with E-state index in [1.165, 1.54) is 12.1 Å². The molecule has 1 aromatic heterocycles. The monoisotopic (exact) mass is 232 g/mol. The second-order valence-electron chi connectivity index (χ2n) is 3.63. The summed E-state index contributed by atoms with van der Waals surface area (Å²) in [5.74, 6) is -0.987. The molecule has 2 aromatic rings. The minimum Gasteiger partial charge on any atom is -0.478 e. The Morgan fingerprint density at radius 2 is 2.29 bits per heavy atom. The van der Waals surface area contributed by atoms with Crippen molar-refractivity contribution in [2.75, 3.05) is 11.1 Å². The van der Waals surface area contributed by atoms with E-state index in [9.17, 15) is 4.79 Å². The van der Waals surface area contributed by atoms with Crippen LogP contribution in [-0.2, 0) is 7.05 Å². The van der Waals surface area contributed by atoms with E-state index in [0.29, 0.717) is 11.4 Å². The molecule has 0 aliphatic heterocycles. The molecule has 0 spiro atoms. The normalized spacial score (nSPS) is 10.2. The molecule has 0 amide bonds. The highest BCUT2D eigenvalue weighted by atomic mass is 16.4. The van der Waals surface area contributed by atoms with Crippen LogP contribution in [0.3, 0.4) is 0 Å². The molecule has 0 fully saturated rings. The second-order valence-corrected chi connectivity index (χ2v) is 3.63. The van der Waals surface area contributed by atoms with Crippen LogP contribution in [0.4, 0.5) is 17.1 Å². The minimum atomic E-state index is -0.987. The molecule has 17 heavy (non-hydrogen) atoms. The fourth-order valence-electron chi connectivity index (χ4n) is 1.44. The number of benzene rings is 1. The number of rotatable bonds is 3. The molecule has 6 nitrogen and oxygen atoms in total. The molecule has 1 aromatic carbocycles. The van der Waals surface area contributed by atoms with E-state index < -0.39 is 5.97 Å². The summed E-state index contributed by atoms with van der Waals surface area (Å²) in [5.41, 5.74) is 7.74. The van der Waals surface area contributed by atoms with Crippen LogP contribution in [0, 0.1) is 0 Å². The summed E-state index contributed by atoms with van der Waals surface area (Å²) in [5, 5.41) is 15.9. The summed E-state index contributed by atoms with van der Waals surface area (Å²) in [6, 6.07) is 4.51. The molecule has 6 heteroatoms. The molecule has 0 aliphatic rings. The highest BCUT2D eigenvalue weighted by Gasteiger charge is 2.07. The molecule has 0 saturated heterocycles. The third kappa shape index (κ3) is 2.36. The number of carboxylic acid groups (broad SMARTS) is 1. The second kappa shape index (κ2) is 4.17. The summed E-state index contributed by atoms with van der Waals surface area (Å²) in [7, 11) is 1.79. The van der Waals surface area contributed by atoms with Crippen LogP contribution in [0.5, 0.6) is 0 Å². The zero-order valence-corrected chi connectivity index (χ0v) is 9.21. The minimum absolute atomic E-state index is 0.186. The van der Waals surface area contributed by atoms with Gasteiger partial charge in [-0.05, 0) is 18.2 Å². The van der Waals surface area contributed by atoms with Gasteiger partial charge in [0.2, 0.25) is 0 Å². The fraction of sp³-hybridized carbons (Fsp3) is 0.0909. The Balaban J connectivity index is 2.31. The van der Waals surface area contributed by atoms with Crippen LogP contribution in [0.25, 0.3) is 0 Å². The van der Waals surface area contributed by atoms with Crippen molar-refractivity contribution in [1.29, 1.82) is 0 Å². The lowest BCUT2D eigenvalue weighted by Crippen LogP contribution is -2.01. The summed E-state index contributed by atoms with van der Waals surface area (Å²) in [4.78, 5) is 10.8. The number of hydrogen-bond acceptors (Lipinski definition) is 4. The van der Waals surface area contributed by atoms with E-state index in [1.807, 2.05) is 0 Å². The van der Waals surface area contributed by atoms with E-state index in [2.05, 4.69) is 10.4 Å². The van der Waals surface area contributed by atoms with Gasteiger partial charge < -0.3 is 16.2 Å². The van der Waals surface area contributed by atoms with Crippen LogP contribution >= 0.6 is 0 Å². The number of nitrogens with two attached hydrogens (primary N) is 1. The van der Waals surface area contributed by atoms with Crippen molar-refractivity contribution in [2.45, 2.75) is 0 Å².